The Morgan fingerprint density at radius 2 is 0.707 bits per heavy atom. The second-order valence-electron chi connectivity index (χ2n) is 10.2. The zero-order valence-electron chi connectivity index (χ0n) is 22.9. The molecule has 0 aliphatic rings. The van der Waals surface area contributed by atoms with E-state index in [1.807, 2.05) is 0 Å². The molecule has 0 radical (unpaired) electrons. The van der Waals surface area contributed by atoms with E-state index in [0.29, 0.717) is 0 Å². The first-order chi connectivity index (χ1) is 18.9. The molecule has 0 unspecified atom stereocenters. The lowest BCUT2D eigenvalue weighted by Gasteiger charge is -2.30. The summed E-state index contributed by atoms with van der Waals surface area (Å²) in [5, 5.41) is 0. The third kappa shape index (κ3) is 7.24. The van der Waals surface area contributed by atoms with Gasteiger partial charge in [0.25, 0.3) is 0 Å². The van der Waals surface area contributed by atoms with Crippen LogP contribution in [0.4, 0.5) is 0 Å². The number of carbonyl (C=O) groups is 3. The number of rotatable bonds is 12. The van der Waals surface area contributed by atoms with E-state index in [-0.39, 0.29) is 31.4 Å². The van der Waals surface area contributed by atoms with Gasteiger partial charge in [-0.25, -0.2) is 25.3 Å². The summed E-state index contributed by atoms with van der Waals surface area (Å²) in [5.41, 5.74) is -2.35. The van der Waals surface area contributed by atoms with Gasteiger partial charge in [0.05, 0.1) is 31.9 Å². The Kier molecular flexibility index (Phi) is 9.21. The highest BCUT2D eigenvalue weighted by atomic mass is 32.2. The number of Topliss-reactive ketones (excluding diaryl/α,β-unsaturated/α-hetero) is 3. The van der Waals surface area contributed by atoms with Crippen LogP contribution >= 0.6 is 0 Å². The van der Waals surface area contributed by atoms with Gasteiger partial charge >= 0.3 is 0 Å². The van der Waals surface area contributed by atoms with Gasteiger partial charge in [-0.2, -0.15) is 0 Å². The molecule has 0 aliphatic carbocycles. The summed E-state index contributed by atoms with van der Waals surface area (Å²) < 4.78 is 82.3. The predicted octanol–water partition coefficient (Wildman–Crippen LogP) is 4.02. The van der Waals surface area contributed by atoms with Crippen LogP contribution in [-0.2, 0) is 29.5 Å². The van der Waals surface area contributed by atoms with Crippen LogP contribution < -0.4 is 0 Å². The molecule has 0 aliphatic heterocycles. The lowest BCUT2D eigenvalue weighted by Crippen LogP contribution is -2.41. The molecule has 0 bridgehead atoms. The molecule has 3 aromatic carbocycles. The van der Waals surface area contributed by atoms with Crippen molar-refractivity contribution in [3.63, 3.8) is 0 Å². The first-order valence-corrected chi connectivity index (χ1v) is 17.3. The third-order valence-corrected chi connectivity index (χ3v) is 12.7. The molecule has 12 heteroatoms. The fourth-order valence-corrected chi connectivity index (χ4v) is 11.5. The summed E-state index contributed by atoms with van der Waals surface area (Å²) in [4.78, 5) is 35.5. The smallest absolute Gasteiger partial charge is 0.179 e. The molecule has 0 amide bonds. The van der Waals surface area contributed by atoms with Crippen molar-refractivity contribution < 1.29 is 39.6 Å². The van der Waals surface area contributed by atoms with E-state index in [1.165, 1.54) is 100 Å². The molecule has 0 atom stereocenters. The van der Waals surface area contributed by atoms with Gasteiger partial charge < -0.3 is 0 Å². The molecule has 0 heterocycles. The van der Waals surface area contributed by atoms with Crippen molar-refractivity contribution in [2.24, 2.45) is 5.41 Å². The highest BCUT2D eigenvalue weighted by Crippen LogP contribution is 2.34. The van der Waals surface area contributed by atoms with E-state index < -0.39 is 69.5 Å². The number of ketones is 3. The second kappa shape index (κ2) is 11.8. The standard InChI is InChI=1S/C29H30O9S3/c1-20(30)23-11-5-8-14-26(23)39(33,34)17-29(4,18-40(35,36)27-15-9-6-12-24(27)21(2)31)19-41(37,38)28-16-10-7-13-25(28)22(3)32/h5-16H,17-19H2,1-4H3. The van der Waals surface area contributed by atoms with Gasteiger partial charge in [-0.3, -0.25) is 14.4 Å². The molecule has 0 fully saturated rings. The summed E-state index contributed by atoms with van der Waals surface area (Å²) in [6.07, 6.45) is 0. The Labute approximate surface area is 240 Å². The zero-order valence-corrected chi connectivity index (χ0v) is 25.4. The average Bonchev–Trinajstić information content (AvgIpc) is 2.87. The van der Waals surface area contributed by atoms with Crippen molar-refractivity contribution in [1.29, 1.82) is 0 Å². The fourth-order valence-electron chi connectivity index (χ4n) is 4.82. The highest BCUT2D eigenvalue weighted by molar-refractivity contribution is 7.93. The molecule has 0 aromatic heterocycles. The van der Waals surface area contributed by atoms with Crippen LogP contribution in [0.5, 0.6) is 0 Å². The van der Waals surface area contributed by atoms with E-state index in [1.54, 1.807) is 0 Å². The van der Waals surface area contributed by atoms with Crippen LogP contribution in [0.3, 0.4) is 0 Å². The van der Waals surface area contributed by atoms with Crippen LogP contribution in [-0.4, -0.2) is 59.9 Å². The zero-order chi connectivity index (χ0) is 30.8. The minimum absolute atomic E-state index is 0.121. The molecule has 0 spiro atoms. The summed E-state index contributed by atoms with van der Waals surface area (Å²) in [6, 6.07) is 16.2. The Morgan fingerprint density at radius 1 is 0.488 bits per heavy atom. The molecule has 41 heavy (non-hydrogen) atoms. The largest absolute Gasteiger partial charge is 0.294 e. The molecule has 3 rings (SSSR count). The van der Waals surface area contributed by atoms with Crippen molar-refractivity contribution in [2.75, 3.05) is 17.3 Å². The van der Waals surface area contributed by atoms with Gasteiger partial charge in [0.2, 0.25) is 0 Å². The molecule has 0 saturated heterocycles. The number of carbonyl (C=O) groups excluding carboxylic acids is 3. The third-order valence-electron chi connectivity index (χ3n) is 6.42. The van der Waals surface area contributed by atoms with Crippen LogP contribution in [0.25, 0.3) is 0 Å². The van der Waals surface area contributed by atoms with Crippen LogP contribution in [0.15, 0.2) is 87.5 Å². The van der Waals surface area contributed by atoms with Crippen molar-refractivity contribution in [3.05, 3.63) is 89.5 Å². The van der Waals surface area contributed by atoms with Gasteiger partial charge in [-0.1, -0.05) is 61.5 Å². The number of hydrogen-bond donors (Lipinski definition) is 0. The number of benzene rings is 3. The summed E-state index contributed by atoms with van der Waals surface area (Å²) in [7, 11) is -13.3. The maximum atomic E-state index is 13.7. The maximum absolute atomic E-state index is 13.7. The SMILES string of the molecule is CC(=O)c1ccccc1S(=O)(=O)CC(C)(CS(=O)(=O)c1ccccc1C(C)=O)CS(=O)(=O)c1ccccc1C(C)=O. The van der Waals surface area contributed by atoms with Gasteiger partial charge in [0, 0.05) is 22.1 Å². The molecule has 218 valence electrons. The molecule has 0 N–H and O–H groups in total. The quantitative estimate of drug-likeness (QED) is 0.274. The van der Waals surface area contributed by atoms with E-state index in [0.717, 1.165) is 0 Å². The van der Waals surface area contributed by atoms with Gasteiger partial charge in [-0.15, -0.1) is 0 Å². The molecular weight excluding hydrogens is 589 g/mol. The monoisotopic (exact) mass is 618 g/mol. The molecule has 0 saturated carbocycles. The topological polar surface area (TPSA) is 154 Å². The fraction of sp³-hybridized carbons (Fsp3) is 0.276. The van der Waals surface area contributed by atoms with Crippen molar-refractivity contribution in [2.45, 2.75) is 42.4 Å². The maximum Gasteiger partial charge on any atom is 0.179 e. The minimum Gasteiger partial charge on any atom is -0.294 e. The number of hydrogen-bond acceptors (Lipinski definition) is 9. The van der Waals surface area contributed by atoms with Crippen molar-refractivity contribution >= 4 is 46.9 Å². The Balaban J connectivity index is 2.22. The number of sulfone groups is 3. The van der Waals surface area contributed by atoms with Crippen molar-refractivity contribution in [3.8, 4) is 0 Å². The summed E-state index contributed by atoms with van der Waals surface area (Å²) in [6.45, 7) is 4.75. The lowest BCUT2D eigenvalue weighted by atomic mass is 9.99. The second-order valence-corrected chi connectivity index (χ2v) is 16.1. The van der Waals surface area contributed by atoms with Crippen LogP contribution in [0.1, 0.15) is 58.8 Å². The molecular formula is C29H30O9S3. The van der Waals surface area contributed by atoms with Crippen molar-refractivity contribution in [1.82, 2.24) is 0 Å². The van der Waals surface area contributed by atoms with Crippen LogP contribution in [0, 0.1) is 5.41 Å². The first kappa shape index (κ1) is 32.0. The van der Waals surface area contributed by atoms with E-state index in [9.17, 15) is 39.6 Å². The highest BCUT2D eigenvalue weighted by Gasteiger charge is 2.42. The van der Waals surface area contributed by atoms with Gasteiger partial charge in [0.1, 0.15) is 0 Å². The van der Waals surface area contributed by atoms with E-state index in [4.69, 9.17) is 0 Å². The molecule has 3 aromatic rings. The first-order valence-electron chi connectivity index (χ1n) is 12.4. The summed E-state index contributed by atoms with van der Waals surface area (Å²) >= 11 is 0. The van der Waals surface area contributed by atoms with Gasteiger partial charge in [-0.05, 0) is 39.0 Å². The predicted molar refractivity (Wildman–Crippen MR) is 154 cm³/mol. The van der Waals surface area contributed by atoms with E-state index in [2.05, 4.69) is 0 Å². The summed E-state index contributed by atoms with van der Waals surface area (Å²) in [5.74, 6) is -4.53. The normalized spacial score (nSPS) is 12.6. The Hall–Kier alpha value is -3.48. The van der Waals surface area contributed by atoms with E-state index >= 15 is 0 Å². The Morgan fingerprint density at radius 3 is 0.927 bits per heavy atom. The van der Waals surface area contributed by atoms with Gasteiger partial charge in [0.15, 0.2) is 46.9 Å². The molecule has 9 nitrogen and oxygen atoms in total. The Bertz CT molecular complexity index is 1640. The average molecular weight is 619 g/mol. The minimum atomic E-state index is -4.44. The lowest BCUT2D eigenvalue weighted by molar-refractivity contribution is 0.100. The van der Waals surface area contributed by atoms with Crippen LogP contribution in [0.2, 0.25) is 0 Å².